The van der Waals surface area contributed by atoms with Crippen LogP contribution in [0.1, 0.15) is 5.69 Å². The van der Waals surface area contributed by atoms with Gasteiger partial charge in [-0.05, 0) is 30.3 Å². The molecule has 4 heteroatoms. The highest BCUT2D eigenvalue weighted by atomic mass is 35.5. The van der Waals surface area contributed by atoms with E-state index >= 15 is 0 Å². The number of amides is 1. The number of rotatable bonds is 2. The topological polar surface area (TPSA) is 42.0 Å². The van der Waals surface area contributed by atoms with Crippen molar-refractivity contribution >= 4 is 34.5 Å². The van der Waals surface area contributed by atoms with Crippen LogP contribution in [0.15, 0.2) is 36.4 Å². The van der Waals surface area contributed by atoms with E-state index in [9.17, 15) is 4.79 Å². The van der Waals surface area contributed by atoms with Crippen molar-refractivity contribution in [1.29, 1.82) is 0 Å². The van der Waals surface area contributed by atoms with Crippen molar-refractivity contribution in [1.82, 2.24) is 10.3 Å². The maximum absolute atomic E-state index is 11.1. The number of nitrogens with zero attached hydrogens (tertiary/aromatic N) is 1. The number of benzene rings is 1. The molecule has 0 spiro atoms. The summed E-state index contributed by atoms with van der Waals surface area (Å²) in [4.78, 5) is 15.4. The van der Waals surface area contributed by atoms with Crippen LogP contribution in [0.25, 0.3) is 17.0 Å². The lowest BCUT2D eigenvalue weighted by atomic mass is 10.2. The average molecular weight is 247 g/mol. The maximum atomic E-state index is 11.1. The van der Waals surface area contributed by atoms with E-state index in [1.807, 2.05) is 24.3 Å². The Morgan fingerprint density at radius 3 is 2.94 bits per heavy atom. The zero-order valence-corrected chi connectivity index (χ0v) is 10.0. The smallest absolute Gasteiger partial charge is 0.243 e. The number of likely N-dealkylation sites (N-methyl/N-ethyl adjacent to an activating group) is 1. The molecule has 1 N–H and O–H groups in total. The van der Waals surface area contributed by atoms with Crippen LogP contribution in [0, 0.1) is 0 Å². The predicted molar refractivity (Wildman–Crippen MR) is 69.9 cm³/mol. The molecule has 1 heterocycles. The van der Waals surface area contributed by atoms with Gasteiger partial charge < -0.3 is 5.32 Å². The lowest BCUT2D eigenvalue weighted by molar-refractivity contribution is -0.115. The van der Waals surface area contributed by atoms with E-state index in [0.29, 0.717) is 5.02 Å². The van der Waals surface area contributed by atoms with Crippen LogP contribution in [-0.2, 0) is 4.79 Å². The molecule has 17 heavy (non-hydrogen) atoms. The molecule has 0 aliphatic heterocycles. The fourth-order valence-electron chi connectivity index (χ4n) is 1.45. The molecule has 2 aromatic rings. The summed E-state index contributed by atoms with van der Waals surface area (Å²) in [6.07, 6.45) is 3.12. The fourth-order valence-corrected chi connectivity index (χ4v) is 1.63. The van der Waals surface area contributed by atoms with Crippen molar-refractivity contribution in [2.75, 3.05) is 7.05 Å². The van der Waals surface area contributed by atoms with Gasteiger partial charge >= 0.3 is 0 Å². The molecule has 1 amide bonds. The Kier molecular flexibility index (Phi) is 3.40. The summed E-state index contributed by atoms with van der Waals surface area (Å²) in [5.74, 6) is -0.150. The summed E-state index contributed by atoms with van der Waals surface area (Å²) < 4.78 is 0. The normalized spacial score (nSPS) is 10.9. The molecule has 1 aromatic carbocycles. The monoisotopic (exact) mass is 246 g/mol. The van der Waals surface area contributed by atoms with Crippen molar-refractivity contribution in [3.63, 3.8) is 0 Å². The van der Waals surface area contributed by atoms with Crippen molar-refractivity contribution in [3.05, 3.63) is 47.1 Å². The Hall–Kier alpha value is -1.87. The minimum absolute atomic E-state index is 0.150. The van der Waals surface area contributed by atoms with E-state index in [1.54, 1.807) is 19.2 Å². The lowest BCUT2D eigenvalue weighted by Gasteiger charge is -1.99. The number of fused-ring (bicyclic) bond motifs is 1. The van der Waals surface area contributed by atoms with E-state index in [1.165, 1.54) is 6.08 Å². The van der Waals surface area contributed by atoms with Gasteiger partial charge in [-0.3, -0.25) is 4.79 Å². The molecule has 0 aliphatic carbocycles. The van der Waals surface area contributed by atoms with Crippen molar-refractivity contribution < 1.29 is 4.79 Å². The molecule has 1 aromatic heterocycles. The van der Waals surface area contributed by atoms with Crippen LogP contribution in [0.4, 0.5) is 0 Å². The highest BCUT2D eigenvalue weighted by Gasteiger charge is 1.97. The number of hydrogen-bond acceptors (Lipinski definition) is 2. The first-order valence-corrected chi connectivity index (χ1v) is 5.53. The predicted octanol–water partition coefficient (Wildman–Crippen LogP) is 2.65. The number of aromatic nitrogens is 1. The summed E-state index contributed by atoms with van der Waals surface area (Å²) in [5, 5.41) is 4.18. The summed E-state index contributed by atoms with van der Waals surface area (Å²) in [5.41, 5.74) is 1.59. The Bertz CT molecular complexity index is 593. The minimum atomic E-state index is -0.150. The summed E-state index contributed by atoms with van der Waals surface area (Å²) in [6.45, 7) is 0. The van der Waals surface area contributed by atoms with E-state index < -0.39 is 0 Å². The van der Waals surface area contributed by atoms with Crippen molar-refractivity contribution in [2.24, 2.45) is 0 Å². The number of carbonyl (C=O) groups excluding carboxylic acids is 1. The van der Waals surface area contributed by atoms with Crippen molar-refractivity contribution in [3.8, 4) is 0 Å². The summed E-state index contributed by atoms with van der Waals surface area (Å²) >= 11 is 5.89. The van der Waals surface area contributed by atoms with Crippen LogP contribution in [0.3, 0.4) is 0 Å². The minimum Gasteiger partial charge on any atom is -0.356 e. The molecule has 3 nitrogen and oxygen atoms in total. The van der Waals surface area contributed by atoms with Crippen LogP contribution in [0.2, 0.25) is 5.02 Å². The second-order valence-electron chi connectivity index (χ2n) is 3.52. The number of halogens is 1. The van der Waals surface area contributed by atoms with Gasteiger partial charge in [-0.15, -0.1) is 0 Å². The molecular weight excluding hydrogens is 236 g/mol. The van der Waals surface area contributed by atoms with E-state index in [4.69, 9.17) is 11.6 Å². The number of carbonyl (C=O) groups is 1. The van der Waals surface area contributed by atoms with E-state index in [0.717, 1.165) is 16.6 Å². The number of nitrogens with one attached hydrogen (secondary N) is 1. The van der Waals surface area contributed by atoms with Crippen LogP contribution < -0.4 is 5.32 Å². The molecule has 0 unspecified atom stereocenters. The maximum Gasteiger partial charge on any atom is 0.243 e. The average Bonchev–Trinajstić information content (AvgIpc) is 2.35. The number of pyridine rings is 1. The Balaban J connectivity index is 2.35. The van der Waals surface area contributed by atoms with Crippen LogP contribution >= 0.6 is 11.6 Å². The zero-order chi connectivity index (χ0) is 12.3. The first-order chi connectivity index (χ1) is 8.19. The molecule has 86 valence electrons. The van der Waals surface area contributed by atoms with Gasteiger partial charge in [0.15, 0.2) is 0 Å². The second kappa shape index (κ2) is 4.97. The van der Waals surface area contributed by atoms with E-state index in [-0.39, 0.29) is 5.91 Å². The fraction of sp³-hybridized carbons (Fsp3) is 0.0769. The Labute approximate surface area is 104 Å². The Morgan fingerprint density at radius 1 is 1.35 bits per heavy atom. The first-order valence-electron chi connectivity index (χ1n) is 5.15. The Morgan fingerprint density at radius 2 is 2.18 bits per heavy atom. The summed E-state index contributed by atoms with van der Waals surface area (Å²) in [7, 11) is 1.59. The van der Waals surface area contributed by atoms with Gasteiger partial charge in [0.2, 0.25) is 5.91 Å². The highest BCUT2D eigenvalue weighted by Crippen LogP contribution is 2.18. The van der Waals surface area contributed by atoms with Gasteiger partial charge in [0, 0.05) is 23.5 Å². The third-order valence-electron chi connectivity index (χ3n) is 2.32. The van der Waals surface area contributed by atoms with Gasteiger partial charge in [-0.1, -0.05) is 17.7 Å². The summed E-state index contributed by atoms with van der Waals surface area (Å²) in [6, 6.07) is 9.28. The quantitative estimate of drug-likeness (QED) is 0.828. The van der Waals surface area contributed by atoms with Gasteiger partial charge in [0.1, 0.15) is 0 Å². The SMILES string of the molecule is CNC(=O)/C=C/c1ccc2cc(Cl)ccc2n1. The highest BCUT2D eigenvalue weighted by molar-refractivity contribution is 6.31. The molecule has 0 saturated carbocycles. The van der Waals surface area contributed by atoms with Gasteiger partial charge in [-0.2, -0.15) is 0 Å². The lowest BCUT2D eigenvalue weighted by Crippen LogP contribution is -2.13. The molecular formula is C13H11ClN2O. The van der Waals surface area contributed by atoms with Gasteiger partial charge in [0.05, 0.1) is 11.2 Å². The van der Waals surface area contributed by atoms with Gasteiger partial charge in [-0.25, -0.2) is 4.98 Å². The second-order valence-corrected chi connectivity index (χ2v) is 3.96. The van der Waals surface area contributed by atoms with E-state index in [2.05, 4.69) is 10.3 Å². The van der Waals surface area contributed by atoms with Gasteiger partial charge in [0.25, 0.3) is 0 Å². The number of hydrogen-bond donors (Lipinski definition) is 1. The van der Waals surface area contributed by atoms with Crippen LogP contribution in [-0.4, -0.2) is 17.9 Å². The first kappa shape index (κ1) is 11.6. The zero-order valence-electron chi connectivity index (χ0n) is 9.27. The molecule has 2 rings (SSSR count). The third kappa shape index (κ3) is 2.82. The standard InChI is InChI=1S/C13H11ClN2O/c1-15-13(17)7-5-11-4-2-9-8-10(14)3-6-12(9)16-11/h2-8H,1H3,(H,15,17)/b7-5+. The third-order valence-corrected chi connectivity index (χ3v) is 2.56. The molecule has 0 aliphatic rings. The molecule has 0 atom stereocenters. The largest absolute Gasteiger partial charge is 0.356 e. The van der Waals surface area contributed by atoms with Crippen LogP contribution in [0.5, 0.6) is 0 Å². The molecule has 0 bridgehead atoms. The molecule has 0 radical (unpaired) electrons. The van der Waals surface area contributed by atoms with Crippen molar-refractivity contribution in [2.45, 2.75) is 0 Å². The molecule has 0 saturated heterocycles. The molecule has 0 fully saturated rings.